The van der Waals surface area contributed by atoms with Gasteiger partial charge in [-0.3, -0.25) is 0 Å². The van der Waals surface area contributed by atoms with Gasteiger partial charge >= 0.3 is 0 Å². The molecule has 4 aliphatic carbocycles. The zero-order valence-corrected chi connectivity index (χ0v) is 21.0. The lowest BCUT2D eigenvalue weighted by Crippen LogP contribution is -2.48. The van der Waals surface area contributed by atoms with E-state index in [9.17, 15) is 5.11 Å². The lowest BCUT2D eigenvalue weighted by molar-refractivity contribution is -0.0381. The second kappa shape index (κ2) is 8.57. The highest BCUT2D eigenvalue weighted by molar-refractivity contribution is 5.34. The standard InChI is InChI=1S/C29H50O/c1-7-21(19(2)3)9-8-20(4)25-12-13-26-24-11-10-22-18-23(30)14-16-28(22,5)27(24)15-17-29(25,26)6/h19-23,25,27,30H,7-18H2,1-6H3/t20-,21-,22-,23-,25+,27-,28-,29-/m1/s1. The molecular formula is C29H50O. The van der Waals surface area contributed by atoms with Gasteiger partial charge in [-0.1, -0.05) is 65.5 Å². The van der Waals surface area contributed by atoms with Gasteiger partial charge in [0.05, 0.1) is 6.10 Å². The highest BCUT2D eigenvalue weighted by atomic mass is 16.3. The first-order chi connectivity index (χ1) is 14.2. The van der Waals surface area contributed by atoms with E-state index >= 15 is 0 Å². The van der Waals surface area contributed by atoms with Crippen molar-refractivity contribution in [1.82, 2.24) is 0 Å². The van der Waals surface area contributed by atoms with Crippen molar-refractivity contribution in [3.63, 3.8) is 0 Å². The van der Waals surface area contributed by atoms with Crippen LogP contribution in [0.5, 0.6) is 0 Å². The van der Waals surface area contributed by atoms with Crippen LogP contribution in [0.4, 0.5) is 0 Å². The molecule has 0 spiro atoms. The van der Waals surface area contributed by atoms with Crippen molar-refractivity contribution in [2.75, 3.05) is 0 Å². The summed E-state index contributed by atoms with van der Waals surface area (Å²) < 4.78 is 0. The normalized spacial score (nSPS) is 43.2. The summed E-state index contributed by atoms with van der Waals surface area (Å²) in [4.78, 5) is 0. The average Bonchev–Trinajstić information content (AvgIpc) is 3.06. The maximum Gasteiger partial charge on any atom is 0.0543 e. The Morgan fingerprint density at radius 1 is 0.967 bits per heavy atom. The lowest BCUT2D eigenvalue weighted by atomic mass is 9.49. The Bertz CT molecular complexity index is 647. The molecule has 0 bridgehead atoms. The van der Waals surface area contributed by atoms with E-state index in [-0.39, 0.29) is 6.10 Å². The minimum atomic E-state index is -0.0272. The summed E-state index contributed by atoms with van der Waals surface area (Å²) >= 11 is 0. The molecule has 0 heterocycles. The fraction of sp³-hybridized carbons (Fsp3) is 0.931. The Morgan fingerprint density at radius 3 is 2.43 bits per heavy atom. The topological polar surface area (TPSA) is 20.2 Å². The molecule has 8 atom stereocenters. The smallest absolute Gasteiger partial charge is 0.0543 e. The van der Waals surface area contributed by atoms with Gasteiger partial charge in [0, 0.05) is 0 Å². The van der Waals surface area contributed by atoms with Crippen molar-refractivity contribution in [1.29, 1.82) is 0 Å². The first kappa shape index (κ1) is 22.9. The number of rotatable bonds is 6. The lowest BCUT2D eigenvalue weighted by Gasteiger charge is -2.56. The number of aliphatic hydroxyl groups is 1. The summed E-state index contributed by atoms with van der Waals surface area (Å²) in [6.45, 7) is 15.1. The van der Waals surface area contributed by atoms with Crippen molar-refractivity contribution in [2.24, 2.45) is 46.3 Å². The Hall–Kier alpha value is -0.300. The van der Waals surface area contributed by atoms with Gasteiger partial charge in [-0.05, 0) is 111 Å². The summed E-state index contributed by atoms with van der Waals surface area (Å²) in [5.74, 6) is 5.11. The highest BCUT2D eigenvalue weighted by Gasteiger charge is 2.55. The molecule has 1 N–H and O–H groups in total. The predicted molar refractivity (Wildman–Crippen MR) is 128 cm³/mol. The second-order valence-corrected chi connectivity index (χ2v) is 12.8. The van der Waals surface area contributed by atoms with Crippen LogP contribution in [0.25, 0.3) is 0 Å². The third-order valence-electron chi connectivity index (χ3n) is 11.2. The van der Waals surface area contributed by atoms with E-state index in [1.807, 2.05) is 11.1 Å². The van der Waals surface area contributed by atoms with E-state index in [1.165, 1.54) is 64.2 Å². The van der Waals surface area contributed by atoms with Crippen LogP contribution in [0.2, 0.25) is 0 Å². The SMILES string of the molecule is CC[C@H](CC[C@@H](C)[C@@H]1CCC2=C3CC[C@@H]4C[C@H](O)CC[C@@]4(C)[C@@H]3CC[C@@]21C)C(C)C. The predicted octanol–water partition coefficient (Wildman–Crippen LogP) is 8.17. The van der Waals surface area contributed by atoms with Crippen molar-refractivity contribution in [3.8, 4) is 0 Å². The molecule has 0 amide bonds. The first-order valence-electron chi connectivity index (χ1n) is 13.6. The van der Waals surface area contributed by atoms with Crippen molar-refractivity contribution in [3.05, 3.63) is 11.1 Å². The molecule has 0 saturated heterocycles. The van der Waals surface area contributed by atoms with Crippen molar-refractivity contribution in [2.45, 2.75) is 125 Å². The van der Waals surface area contributed by atoms with Gasteiger partial charge in [0.25, 0.3) is 0 Å². The van der Waals surface area contributed by atoms with Gasteiger partial charge in [-0.25, -0.2) is 0 Å². The molecule has 1 nitrogen and oxygen atoms in total. The van der Waals surface area contributed by atoms with Crippen LogP contribution in [0, 0.1) is 46.3 Å². The number of fused-ring (bicyclic) bond motifs is 4. The van der Waals surface area contributed by atoms with E-state index in [2.05, 4.69) is 41.5 Å². The van der Waals surface area contributed by atoms with Crippen LogP contribution in [0.3, 0.4) is 0 Å². The van der Waals surface area contributed by atoms with E-state index in [0.717, 1.165) is 48.3 Å². The molecule has 1 heteroatoms. The Morgan fingerprint density at radius 2 is 1.73 bits per heavy atom. The van der Waals surface area contributed by atoms with Gasteiger partial charge < -0.3 is 5.11 Å². The minimum Gasteiger partial charge on any atom is -0.393 e. The Labute approximate surface area is 187 Å². The summed E-state index contributed by atoms with van der Waals surface area (Å²) in [6.07, 6.45) is 15.9. The van der Waals surface area contributed by atoms with E-state index in [0.29, 0.717) is 10.8 Å². The van der Waals surface area contributed by atoms with Crippen LogP contribution in [0.1, 0.15) is 119 Å². The summed E-state index contributed by atoms with van der Waals surface area (Å²) in [7, 11) is 0. The summed E-state index contributed by atoms with van der Waals surface area (Å²) in [5.41, 5.74) is 4.80. The van der Waals surface area contributed by atoms with E-state index in [4.69, 9.17) is 0 Å². The zero-order valence-electron chi connectivity index (χ0n) is 21.0. The molecule has 172 valence electrons. The molecule has 0 aromatic heterocycles. The molecule has 0 unspecified atom stereocenters. The third kappa shape index (κ3) is 3.74. The zero-order chi connectivity index (χ0) is 21.7. The largest absolute Gasteiger partial charge is 0.393 e. The van der Waals surface area contributed by atoms with Gasteiger partial charge in [-0.2, -0.15) is 0 Å². The second-order valence-electron chi connectivity index (χ2n) is 12.8. The van der Waals surface area contributed by atoms with Gasteiger partial charge in [0.2, 0.25) is 0 Å². The molecule has 4 aliphatic rings. The molecule has 0 aromatic rings. The summed E-state index contributed by atoms with van der Waals surface area (Å²) in [5, 5.41) is 10.3. The Balaban J connectivity index is 1.52. The van der Waals surface area contributed by atoms with Gasteiger partial charge in [0.15, 0.2) is 0 Å². The van der Waals surface area contributed by atoms with Crippen molar-refractivity contribution < 1.29 is 5.11 Å². The van der Waals surface area contributed by atoms with Crippen LogP contribution in [-0.4, -0.2) is 11.2 Å². The fourth-order valence-corrected chi connectivity index (χ4v) is 9.11. The van der Waals surface area contributed by atoms with E-state index in [1.54, 1.807) is 0 Å². The van der Waals surface area contributed by atoms with Crippen LogP contribution < -0.4 is 0 Å². The van der Waals surface area contributed by atoms with Crippen LogP contribution in [-0.2, 0) is 0 Å². The molecule has 30 heavy (non-hydrogen) atoms. The Kier molecular flexibility index (Phi) is 6.53. The summed E-state index contributed by atoms with van der Waals surface area (Å²) in [6, 6.07) is 0. The molecule has 0 aromatic carbocycles. The maximum absolute atomic E-state index is 10.3. The number of aliphatic hydroxyl groups excluding tert-OH is 1. The van der Waals surface area contributed by atoms with Gasteiger partial charge in [-0.15, -0.1) is 0 Å². The number of allylic oxidation sites excluding steroid dienone is 2. The molecule has 0 aliphatic heterocycles. The van der Waals surface area contributed by atoms with Crippen LogP contribution >= 0.6 is 0 Å². The third-order valence-corrected chi connectivity index (χ3v) is 11.2. The number of hydrogen-bond acceptors (Lipinski definition) is 1. The molecule has 3 fully saturated rings. The fourth-order valence-electron chi connectivity index (χ4n) is 9.11. The first-order valence-corrected chi connectivity index (χ1v) is 13.6. The minimum absolute atomic E-state index is 0.0272. The molecular weight excluding hydrogens is 364 g/mol. The molecule has 4 rings (SSSR count). The van der Waals surface area contributed by atoms with Crippen molar-refractivity contribution >= 4 is 0 Å². The molecule has 3 saturated carbocycles. The maximum atomic E-state index is 10.3. The van der Waals surface area contributed by atoms with E-state index < -0.39 is 0 Å². The monoisotopic (exact) mass is 414 g/mol. The quantitative estimate of drug-likeness (QED) is 0.434. The highest BCUT2D eigenvalue weighted by Crippen LogP contribution is 2.65. The molecule has 0 radical (unpaired) electrons. The average molecular weight is 415 g/mol. The number of hydrogen-bond donors (Lipinski definition) is 1. The van der Waals surface area contributed by atoms with Gasteiger partial charge in [0.1, 0.15) is 0 Å². The van der Waals surface area contributed by atoms with Crippen LogP contribution in [0.15, 0.2) is 11.1 Å².